The van der Waals surface area contributed by atoms with Crippen LogP contribution in [0.5, 0.6) is 0 Å². The van der Waals surface area contributed by atoms with E-state index in [1.165, 1.54) is 31.4 Å². The van der Waals surface area contributed by atoms with Gasteiger partial charge in [-0.05, 0) is 37.7 Å². The maximum absolute atomic E-state index is 2.29. The predicted octanol–water partition coefficient (Wildman–Crippen LogP) is 3.49. The number of hydrogen-bond acceptors (Lipinski definition) is 1. The summed E-state index contributed by atoms with van der Waals surface area (Å²) in [6, 6.07) is 0. The van der Waals surface area contributed by atoms with Gasteiger partial charge in [0, 0.05) is 0 Å². The van der Waals surface area contributed by atoms with Crippen molar-refractivity contribution in [1.29, 1.82) is 0 Å². The van der Waals surface area contributed by atoms with E-state index in [9.17, 15) is 0 Å². The van der Waals surface area contributed by atoms with Crippen LogP contribution in [0.15, 0.2) is 12.2 Å². The Bertz CT molecular complexity index is 76.8. The summed E-state index contributed by atoms with van der Waals surface area (Å²) in [7, 11) is 0. The molecule has 0 spiro atoms. The van der Waals surface area contributed by atoms with Gasteiger partial charge in [-0.15, -0.1) is 0 Å². The fourth-order valence-electron chi connectivity index (χ4n) is 0.793. The molecule has 10 heavy (non-hydrogen) atoms. The number of unbranched alkanes of at least 4 members (excludes halogenated alkanes) is 2. The summed E-state index contributed by atoms with van der Waals surface area (Å²) in [5.74, 6) is 1.32. The Hall–Kier alpha value is 0.0900. The Balaban J connectivity index is 2.83. The van der Waals surface area contributed by atoms with E-state index in [0.717, 1.165) is 0 Å². The number of rotatable bonds is 6. The normalized spacial score (nSPS) is 11.0. The van der Waals surface area contributed by atoms with E-state index in [4.69, 9.17) is 0 Å². The lowest BCUT2D eigenvalue weighted by molar-refractivity contribution is 0.821. The second kappa shape index (κ2) is 9.09. The fraction of sp³-hybridized carbons (Fsp3) is 0.778. The average Bonchev–Trinajstić information content (AvgIpc) is 1.97. The number of hydrogen-bond donors (Lipinski definition) is 0. The molecule has 60 valence electrons. The molecule has 0 aromatic carbocycles. The van der Waals surface area contributed by atoms with Gasteiger partial charge in [0.25, 0.3) is 0 Å². The lowest BCUT2D eigenvalue weighted by Crippen LogP contribution is -1.76. The molecule has 0 saturated carbocycles. The van der Waals surface area contributed by atoms with Crippen LogP contribution >= 0.6 is 11.8 Å². The molecule has 0 heterocycles. The highest BCUT2D eigenvalue weighted by Gasteiger charge is 1.82. The Kier molecular flexibility index (Phi) is 9.17. The summed E-state index contributed by atoms with van der Waals surface area (Å²) >= 11 is 1.94. The van der Waals surface area contributed by atoms with Crippen molar-refractivity contribution in [3.8, 4) is 0 Å². The molecule has 0 fully saturated rings. The second-order valence-electron chi connectivity index (χ2n) is 2.37. The summed E-state index contributed by atoms with van der Waals surface area (Å²) in [6.45, 7) is 2.18. The molecule has 0 rings (SSSR count). The van der Waals surface area contributed by atoms with Crippen molar-refractivity contribution in [3.63, 3.8) is 0 Å². The zero-order chi connectivity index (χ0) is 7.66. The lowest BCUT2D eigenvalue weighted by Gasteiger charge is -1.92. The first kappa shape index (κ1) is 10.1. The first-order valence-corrected chi connectivity index (χ1v) is 5.45. The lowest BCUT2D eigenvalue weighted by atomic mass is 10.2. The maximum atomic E-state index is 2.29. The molecule has 0 aliphatic heterocycles. The maximum Gasteiger partial charge on any atom is -0.00702 e. The largest absolute Gasteiger partial charge is 0.165 e. The Morgan fingerprint density at radius 3 is 2.60 bits per heavy atom. The van der Waals surface area contributed by atoms with Crippen molar-refractivity contribution in [1.82, 2.24) is 0 Å². The molecule has 0 saturated heterocycles. The van der Waals surface area contributed by atoms with Gasteiger partial charge in [-0.25, -0.2) is 0 Å². The summed E-state index contributed by atoms with van der Waals surface area (Å²) in [6.07, 6.45) is 11.9. The van der Waals surface area contributed by atoms with Gasteiger partial charge in [0.2, 0.25) is 0 Å². The van der Waals surface area contributed by atoms with Gasteiger partial charge >= 0.3 is 0 Å². The minimum atomic E-state index is 1.18. The van der Waals surface area contributed by atoms with E-state index in [1.54, 1.807) is 0 Å². The van der Waals surface area contributed by atoms with Crippen LogP contribution < -0.4 is 0 Å². The van der Waals surface area contributed by atoms with E-state index in [2.05, 4.69) is 25.3 Å². The van der Waals surface area contributed by atoms with Crippen molar-refractivity contribution in [2.45, 2.75) is 32.6 Å². The highest BCUT2D eigenvalue weighted by atomic mass is 32.2. The van der Waals surface area contributed by atoms with Crippen molar-refractivity contribution in [2.75, 3.05) is 12.0 Å². The number of thioether (sulfide) groups is 1. The van der Waals surface area contributed by atoms with Gasteiger partial charge in [-0.1, -0.05) is 19.1 Å². The Morgan fingerprint density at radius 2 is 2.00 bits per heavy atom. The first-order valence-electron chi connectivity index (χ1n) is 4.05. The fourth-order valence-corrected chi connectivity index (χ4v) is 1.29. The van der Waals surface area contributed by atoms with Crippen LogP contribution in [0.4, 0.5) is 0 Å². The zero-order valence-electron chi connectivity index (χ0n) is 7.10. The molecular weight excluding hydrogens is 140 g/mol. The predicted molar refractivity (Wildman–Crippen MR) is 51.7 cm³/mol. The van der Waals surface area contributed by atoms with Crippen LogP contribution in [0.1, 0.15) is 32.6 Å². The first-order chi connectivity index (χ1) is 4.91. The molecule has 0 radical (unpaired) electrons. The van der Waals surface area contributed by atoms with Crippen LogP contribution in [0.25, 0.3) is 0 Å². The Labute approximate surface area is 69.1 Å². The van der Waals surface area contributed by atoms with Crippen LogP contribution in [0, 0.1) is 0 Å². The molecule has 0 nitrogen and oxygen atoms in total. The van der Waals surface area contributed by atoms with Crippen molar-refractivity contribution in [3.05, 3.63) is 12.2 Å². The van der Waals surface area contributed by atoms with Crippen molar-refractivity contribution in [2.24, 2.45) is 0 Å². The summed E-state index contributed by atoms with van der Waals surface area (Å²) < 4.78 is 0. The molecule has 0 aliphatic carbocycles. The third kappa shape index (κ3) is 8.09. The highest BCUT2D eigenvalue weighted by Crippen LogP contribution is 2.02. The molecule has 0 N–H and O–H groups in total. The Morgan fingerprint density at radius 1 is 1.20 bits per heavy atom. The average molecular weight is 158 g/mol. The van der Waals surface area contributed by atoms with Gasteiger partial charge in [-0.3, -0.25) is 0 Å². The quantitative estimate of drug-likeness (QED) is 0.421. The third-order valence-electron chi connectivity index (χ3n) is 1.37. The van der Waals surface area contributed by atoms with Gasteiger partial charge in [0.15, 0.2) is 0 Å². The van der Waals surface area contributed by atoms with Gasteiger partial charge < -0.3 is 0 Å². The monoisotopic (exact) mass is 158 g/mol. The minimum Gasteiger partial charge on any atom is -0.165 e. The van der Waals surface area contributed by atoms with Crippen LogP contribution in [0.3, 0.4) is 0 Å². The summed E-state index contributed by atoms with van der Waals surface area (Å²) in [5, 5.41) is 0. The SMILES string of the molecule is CC/C=C/CCCCSC. The zero-order valence-corrected chi connectivity index (χ0v) is 7.91. The van der Waals surface area contributed by atoms with Crippen LogP contribution in [-0.4, -0.2) is 12.0 Å². The van der Waals surface area contributed by atoms with Crippen LogP contribution in [0.2, 0.25) is 0 Å². The summed E-state index contributed by atoms with van der Waals surface area (Å²) in [5.41, 5.74) is 0. The molecule has 1 heteroatoms. The molecule has 0 aliphatic rings. The smallest absolute Gasteiger partial charge is 0.00702 e. The second-order valence-corrected chi connectivity index (χ2v) is 3.35. The topological polar surface area (TPSA) is 0 Å². The van der Waals surface area contributed by atoms with E-state index in [1.807, 2.05) is 11.8 Å². The number of allylic oxidation sites excluding steroid dienone is 2. The third-order valence-corrected chi connectivity index (χ3v) is 2.07. The van der Waals surface area contributed by atoms with Gasteiger partial charge in [-0.2, -0.15) is 11.8 Å². The molecular formula is C9H18S. The van der Waals surface area contributed by atoms with Gasteiger partial charge in [0.1, 0.15) is 0 Å². The standard InChI is InChI=1S/C9H18S/c1-3-4-5-6-7-8-9-10-2/h4-5H,3,6-9H2,1-2H3/b5-4+. The molecule has 0 aromatic heterocycles. The van der Waals surface area contributed by atoms with Crippen LogP contribution in [-0.2, 0) is 0 Å². The van der Waals surface area contributed by atoms with Gasteiger partial charge in [0.05, 0.1) is 0 Å². The van der Waals surface area contributed by atoms with E-state index in [0.29, 0.717) is 0 Å². The van der Waals surface area contributed by atoms with E-state index in [-0.39, 0.29) is 0 Å². The molecule has 0 unspecified atom stereocenters. The van der Waals surface area contributed by atoms with Crippen molar-refractivity contribution >= 4 is 11.8 Å². The molecule has 0 amide bonds. The summed E-state index contributed by atoms with van der Waals surface area (Å²) in [4.78, 5) is 0. The molecule has 0 atom stereocenters. The van der Waals surface area contributed by atoms with E-state index >= 15 is 0 Å². The van der Waals surface area contributed by atoms with E-state index < -0.39 is 0 Å². The highest BCUT2D eigenvalue weighted by molar-refractivity contribution is 7.98. The molecule has 0 bridgehead atoms. The van der Waals surface area contributed by atoms with Crippen molar-refractivity contribution < 1.29 is 0 Å². The molecule has 0 aromatic rings. The minimum absolute atomic E-state index is 1.18.